The SMILES string of the molecule is C=CCc1ccccc1OCC(=O)NC1CCCCCC1. The number of carbonyl (C=O) groups is 1. The van der Waals surface area contributed by atoms with Gasteiger partial charge in [-0.25, -0.2) is 0 Å². The molecule has 1 aromatic rings. The Morgan fingerprint density at radius 2 is 1.95 bits per heavy atom. The summed E-state index contributed by atoms with van der Waals surface area (Å²) in [7, 11) is 0. The normalized spacial score (nSPS) is 16.0. The molecule has 0 unspecified atom stereocenters. The van der Waals surface area contributed by atoms with Crippen molar-refractivity contribution in [3.63, 3.8) is 0 Å². The van der Waals surface area contributed by atoms with Crippen LogP contribution in [0.1, 0.15) is 44.1 Å². The van der Waals surface area contributed by atoms with Crippen molar-refractivity contribution in [1.29, 1.82) is 0 Å². The number of amides is 1. The summed E-state index contributed by atoms with van der Waals surface area (Å²) in [4.78, 5) is 12.0. The molecule has 0 radical (unpaired) electrons. The van der Waals surface area contributed by atoms with Crippen LogP contribution in [0.2, 0.25) is 0 Å². The highest BCUT2D eigenvalue weighted by Gasteiger charge is 2.15. The summed E-state index contributed by atoms with van der Waals surface area (Å²) in [6, 6.07) is 8.12. The number of nitrogens with one attached hydrogen (secondary N) is 1. The third-order valence-corrected chi connectivity index (χ3v) is 3.92. The number of allylic oxidation sites excluding steroid dienone is 1. The smallest absolute Gasteiger partial charge is 0.258 e. The molecule has 1 fully saturated rings. The maximum Gasteiger partial charge on any atom is 0.258 e. The van der Waals surface area contributed by atoms with Crippen molar-refractivity contribution in [3.05, 3.63) is 42.5 Å². The number of benzene rings is 1. The average Bonchev–Trinajstić information content (AvgIpc) is 2.75. The van der Waals surface area contributed by atoms with E-state index in [9.17, 15) is 4.79 Å². The Balaban J connectivity index is 1.81. The van der Waals surface area contributed by atoms with Crippen LogP contribution in [0.15, 0.2) is 36.9 Å². The molecule has 0 aromatic heterocycles. The fourth-order valence-corrected chi connectivity index (χ4v) is 2.81. The van der Waals surface area contributed by atoms with Gasteiger partial charge in [0.1, 0.15) is 5.75 Å². The summed E-state index contributed by atoms with van der Waals surface area (Å²) in [6.45, 7) is 3.83. The zero-order valence-electron chi connectivity index (χ0n) is 12.6. The minimum atomic E-state index is -0.0182. The molecule has 1 amide bonds. The molecule has 0 bridgehead atoms. The molecular formula is C18H25NO2. The summed E-state index contributed by atoms with van der Waals surface area (Å²) in [5.41, 5.74) is 1.06. The highest BCUT2D eigenvalue weighted by molar-refractivity contribution is 5.77. The Morgan fingerprint density at radius 1 is 1.24 bits per heavy atom. The summed E-state index contributed by atoms with van der Waals surface area (Å²) < 4.78 is 5.66. The van der Waals surface area contributed by atoms with Gasteiger partial charge in [-0.15, -0.1) is 6.58 Å². The molecule has 0 atom stereocenters. The fraction of sp³-hybridized carbons (Fsp3) is 0.500. The van der Waals surface area contributed by atoms with Crippen molar-refractivity contribution in [2.75, 3.05) is 6.61 Å². The Morgan fingerprint density at radius 3 is 2.67 bits per heavy atom. The van der Waals surface area contributed by atoms with E-state index in [1.54, 1.807) is 0 Å². The first-order chi connectivity index (χ1) is 10.3. The summed E-state index contributed by atoms with van der Waals surface area (Å²) in [5, 5.41) is 3.10. The van der Waals surface area contributed by atoms with Crippen molar-refractivity contribution >= 4 is 5.91 Å². The molecule has 21 heavy (non-hydrogen) atoms. The summed E-state index contributed by atoms with van der Waals surface area (Å²) in [5.74, 6) is 0.753. The van der Waals surface area contributed by atoms with E-state index in [2.05, 4.69) is 11.9 Å². The third kappa shape index (κ3) is 5.25. The van der Waals surface area contributed by atoms with Gasteiger partial charge < -0.3 is 10.1 Å². The lowest BCUT2D eigenvalue weighted by atomic mass is 10.1. The third-order valence-electron chi connectivity index (χ3n) is 3.92. The van der Waals surface area contributed by atoms with Gasteiger partial charge in [0.2, 0.25) is 0 Å². The zero-order valence-corrected chi connectivity index (χ0v) is 12.6. The Bertz CT molecular complexity index is 462. The number of hydrogen-bond donors (Lipinski definition) is 1. The first-order valence-corrected chi connectivity index (χ1v) is 7.90. The van der Waals surface area contributed by atoms with E-state index in [-0.39, 0.29) is 12.5 Å². The maximum absolute atomic E-state index is 12.0. The minimum absolute atomic E-state index is 0.0182. The van der Waals surface area contributed by atoms with Crippen LogP contribution in [-0.2, 0) is 11.2 Å². The quantitative estimate of drug-likeness (QED) is 0.641. The van der Waals surface area contributed by atoms with Gasteiger partial charge >= 0.3 is 0 Å². The van der Waals surface area contributed by atoms with Crippen molar-refractivity contribution in [2.24, 2.45) is 0 Å². The van der Waals surface area contributed by atoms with Crippen molar-refractivity contribution in [2.45, 2.75) is 51.0 Å². The van der Waals surface area contributed by atoms with E-state index in [0.29, 0.717) is 6.04 Å². The average molecular weight is 287 g/mol. The van der Waals surface area contributed by atoms with Gasteiger partial charge in [-0.05, 0) is 30.9 Å². The lowest BCUT2D eigenvalue weighted by Crippen LogP contribution is -2.37. The molecule has 0 saturated heterocycles. The number of ether oxygens (including phenoxy) is 1. The molecule has 0 spiro atoms. The lowest BCUT2D eigenvalue weighted by Gasteiger charge is -2.17. The van der Waals surface area contributed by atoms with E-state index < -0.39 is 0 Å². The molecule has 1 saturated carbocycles. The van der Waals surface area contributed by atoms with Crippen LogP contribution in [0, 0.1) is 0 Å². The van der Waals surface area contributed by atoms with Gasteiger partial charge in [0, 0.05) is 6.04 Å². The first-order valence-electron chi connectivity index (χ1n) is 7.90. The summed E-state index contributed by atoms with van der Waals surface area (Å²) >= 11 is 0. The van der Waals surface area contributed by atoms with Gasteiger partial charge in [-0.1, -0.05) is 50.0 Å². The van der Waals surface area contributed by atoms with Crippen molar-refractivity contribution in [3.8, 4) is 5.75 Å². The lowest BCUT2D eigenvalue weighted by molar-refractivity contribution is -0.123. The van der Waals surface area contributed by atoms with Crippen molar-refractivity contribution in [1.82, 2.24) is 5.32 Å². The van der Waals surface area contributed by atoms with E-state index in [4.69, 9.17) is 4.74 Å². The Labute approximate surface area is 127 Å². The second kappa shape index (κ2) is 8.50. The maximum atomic E-state index is 12.0. The molecule has 1 aliphatic carbocycles. The Kier molecular flexibility index (Phi) is 6.32. The van der Waals surface area contributed by atoms with E-state index in [1.165, 1.54) is 25.7 Å². The zero-order chi connectivity index (χ0) is 14.9. The van der Waals surface area contributed by atoms with Gasteiger partial charge in [-0.2, -0.15) is 0 Å². The molecule has 3 nitrogen and oxygen atoms in total. The number of carbonyl (C=O) groups excluding carboxylic acids is 1. The van der Waals surface area contributed by atoms with E-state index in [1.807, 2.05) is 30.3 Å². The molecule has 0 heterocycles. The predicted molar refractivity (Wildman–Crippen MR) is 85.5 cm³/mol. The van der Waals surface area contributed by atoms with Crippen LogP contribution in [-0.4, -0.2) is 18.6 Å². The minimum Gasteiger partial charge on any atom is -0.483 e. The van der Waals surface area contributed by atoms with E-state index >= 15 is 0 Å². The van der Waals surface area contributed by atoms with Gasteiger partial charge in [0.05, 0.1) is 0 Å². The first kappa shape index (κ1) is 15.6. The fourth-order valence-electron chi connectivity index (χ4n) is 2.81. The molecule has 3 heteroatoms. The van der Waals surface area contributed by atoms with Crippen LogP contribution in [0.3, 0.4) is 0 Å². The second-order valence-corrected chi connectivity index (χ2v) is 5.65. The largest absolute Gasteiger partial charge is 0.483 e. The number of para-hydroxylation sites is 1. The molecular weight excluding hydrogens is 262 g/mol. The second-order valence-electron chi connectivity index (χ2n) is 5.65. The molecule has 114 valence electrons. The van der Waals surface area contributed by atoms with Gasteiger partial charge in [0.25, 0.3) is 5.91 Å². The molecule has 0 aliphatic heterocycles. The van der Waals surface area contributed by atoms with Gasteiger partial charge in [-0.3, -0.25) is 4.79 Å². The van der Waals surface area contributed by atoms with E-state index in [0.717, 1.165) is 30.6 Å². The molecule has 1 aromatic carbocycles. The van der Waals surface area contributed by atoms with Crippen LogP contribution >= 0.6 is 0 Å². The molecule has 2 rings (SSSR count). The Hall–Kier alpha value is -1.77. The van der Waals surface area contributed by atoms with Crippen LogP contribution < -0.4 is 10.1 Å². The number of rotatable bonds is 6. The molecule has 1 N–H and O–H groups in total. The number of hydrogen-bond acceptors (Lipinski definition) is 2. The van der Waals surface area contributed by atoms with Crippen molar-refractivity contribution < 1.29 is 9.53 Å². The monoisotopic (exact) mass is 287 g/mol. The highest BCUT2D eigenvalue weighted by atomic mass is 16.5. The highest BCUT2D eigenvalue weighted by Crippen LogP contribution is 2.19. The molecule has 1 aliphatic rings. The standard InChI is InChI=1S/C18H25NO2/c1-2-9-15-10-7-8-13-17(15)21-14-18(20)19-16-11-5-3-4-6-12-16/h2,7-8,10,13,16H,1,3-6,9,11-12,14H2,(H,19,20). The predicted octanol–water partition coefficient (Wildman–Crippen LogP) is 3.63. The van der Waals surface area contributed by atoms with Gasteiger partial charge in [0.15, 0.2) is 6.61 Å². The summed E-state index contributed by atoms with van der Waals surface area (Å²) in [6.07, 6.45) is 9.79. The van der Waals surface area contributed by atoms with Crippen LogP contribution in [0.4, 0.5) is 0 Å². The van der Waals surface area contributed by atoms with Crippen LogP contribution in [0.5, 0.6) is 5.75 Å². The topological polar surface area (TPSA) is 38.3 Å². The van der Waals surface area contributed by atoms with Crippen LogP contribution in [0.25, 0.3) is 0 Å².